The maximum absolute atomic E-state index is 13.1. The van der Waals surface area contributed by atoms with Gasteiger partial charge in [-0.15, -0.1) is 0 Å². The Kier molecular flexibility index (Phi) is 5.36. The number of methoxy groups -OCH3 is 2. The topological polar surface area (TPSA) is 60.6 Å². The van der Waals surface area contributed by atoms with Gasteiger partial charge in [-0.3, -0.25) is 0 Å². The lowest BCUT2D eigenvalue weighted by Gasteiger charge is -2.20. The van der Waals surface area contributed by atoms with Gasteiger partial charge in [0, 0.05) is 18.3 Å². The van der Waals surface area contributed by atoms with Crippen LogP contribution in [0.25, 0.3) is 11.4 Å². The van der Waals surface area contributed by atoms with Gasteiger partial charge in [0.05, 0.1) is 26.3 Å². The molecular weight excluding hydrogens is 337 g/mol. The molecule has 0 atom stereocenters. The molecule has 0 spiro atoms. The maximum Gasteiger partial charge on any atom is 0.246 e. The van der Waals surface area contributed by atoms with Gasteiger partial charge in [0.1, 0.15) is 17.3 Å². The third-order valence-electron chi connectivity index (χ3n) is 4.02. The molecule has 0 fully saturated rings. The SMILES string of the molecule is CCN(Cc1nc(-c2ccc(OC)cc2OC)no1)c1ccc(F)cc1. The molecule has 0 N–H and O–H groups in total. The lowest BCUT2D eigenvalue weighted by Crippen LogP contribution is -2.22. The van der Waals surface area contributed by atoms with E-state index < -0.39 is 0 Å². The molecule has 0 aliphatic heterocycles. The number of ether oxygens (including phenoxy) is 2. The smallest absolute Gasteiger partial charge is 0.246 e. The molecule has 0 bridgehead atoms. The van der Waals surface area contributed by atoms with Crippen molar-refractivity contribution in [2.24, 2.45) is 0 Å². The number of anilines is 1. The molecule has 3 aromatic rings. The molecule has 1 heterocycles. The van der Waals surface area contributed by atoms with Crippen LogP contribution in [0.2, 0.25) is 0 Å². The van der Waals surface area contributed by atoms with Crippen LogP contribution in [0.15, 0.2) is 47.0 Å². The lowest BCUT2D eigenvalue weighted by molar-refractivity contribution is 0.376. The molecule has 26 heavy (non-hydrogen) atoms. The van der Waals surface area contributed by atoms with Crippen molar-refractivity contribution in [3.8, 4) is 22.9 Å². The van der Waals surface area contributed by atoms with E-state index in [0.717, 1.165) is 12.2 Å². The van der Waals surface area contributed by atoms with Crippen molar-refractivity contribution in [1.29, 1.82) is 0 Å². The molecule has 0 radical (unpaired) electrons. The predicted molar refractivity (Wildman–Crippen MR) is 96.0 cm³/mol. The van der Waals surface area contributed by atoms with Gasteiger partial charge in [-0.25, -0.2) is 4.39 Å². The van der Waals surface area contributed by atoms with Crippen LogP contribution in [0.3, 0.4) is 0 Å². The first-order valence-electron chi connectivity index (χ1n) is 8.20. The van der Waals surface area contributed by atoms with Gasteiger partial charge >= 0.3 is 0 Å². The van der Waals surface area contributed by atoms with E-state index in [4.69, 9.17) is 14.0 Å². The molecule has 0 aliphatic carbocycles. The second-order valence-corrected chi connectivity index (χ2v) is 5.57. The van der Waals surface area contributed by atoms with Crippen LogP contribution in [0.1, 0.15) is 12.8 Å². The quantitative estimate of drug-likeness (QED) is 0.639. The van der Waals surface area contributed by atoms with Crippen molar-refractivity contribution in [1.82, 2.24) is 10.1 Å². The zero-order chi connectivity index (χ0) is 18.5. The number of hydrogen-bond acceptors (Lipinski definition) is 6. The summed E-state index contributed by atoms with van der Waals surface area (Å²) in [5.41, 5.74) is 1.60. The molecule has 2 aromatic carbocycles. The number of halogens is 1. The molecule has 6 nitrogen and oxygen atoms in total. The molecule has 0 saturated carbocycles. The number of nitrogens with zero attached hydrogens (tertiary/aromatic N) is 3. The second-order valence-electron chi connectivity index (χ2n) is 5.57. The van der Waals surface area contributed by atoms with E-state index in [1.165, 1.54) is 12.1 Å². The zero-order valence-electron chi connectivity index (χ0n) is 14.9. The minimum Gasteiger partial charge on any atom is -0.497 e. The average molecular weight is 357 g/mol. The van der Waals surface area contributed by atoms with Crippen LogP contribution in [0, 0.1) is 5.82 Å². The number of aromatic nitrogens is 2. The summed E-state index contributed by atoms with van der Waals surface area (Å²) in [6.45, 7) is 3.15. The molecule has 136 valence electrons. The Morgan fingerprint density at radius 3 is 2.50 bits per heavy atom. The summed E-state index contributed by atoms with van der Waals surface area (Å²) in [7, 11) is 3.17. The van der Waals surface area contributed by atoms with Gasteiger partial charge in [-0.1, -0.05) is 5.16 Å². The van der Waals surface area contributed by atoms with Crippen LogP contribution in [-0.2, 0) is 6.54 Å². The average Bonchev–Trinajstić information content (AvgIpc) is 3.14. The first kappa shape index (κ1) is 17.7. The van der Waals surface area contributed by atoms with Crippen molar-refractivity contribution in [2.45, 2.75) is 13.5 Å². The van der Waals surface area contributed by atoms with Crippen LogP contribution in [0.4, 0.5) is 10.1 Å². The second kappa shape index (κ2) is 7.86. The molecule has 0 amide bonds. The van der Waals surface area contributed by atoms with E-state index in [-0.39, 0.29) is 5.82 Å². The van der Waals surface area contributed by atoms with Crippen molar-refractivity contribution < 1.29 is 18.4 Å². The number of hydrogen-bond donors (Lipinski definition) is 0. The van der Waals surface area contributed by atoms with Crippen LogP contribution in [0.5, 0.6) is 11.5 Å². The molecule has 0 unspecified atom stereocenters. The normalized spacial score (nSPS) is 10.6. The monoisotopic (exact) mass is 357 g/mol. The molecule has 1 aromatic heterocycles. The summed E-state index contributed by atoms with van der Waals surface area (Å²) >= 11 is 0. The summed E-state index contributed by atoms with van der Waals surface area (Å²) in [5.74, 6) is 1.92. The predicted octanol–water partition coefficient (Wildman–Crippen LogP) is 3.92. The van der Waals surface area contributed by atoms with Crippen LogP contribution in [-0.4, -0.2) is 30.9 Å². The molecule has 0 saturated heterocycles. The van der Waals surface area contributed by atoms with Gasteiger partial charge in [0.15, 0.2) is 0 Å². The minimum absolute atomic E-state index is 0.267. The molecule has 7 heteroatoms. The van der Waals surface area contributed by atoms with Crippen molar-refractivity contribution in [3.05, 3.63) is 54.2 Å². The maximum atomic E-state index is 13.1. The van der Waals surface area contributed by atoms with Gasteiger partial charge in [0.25, 0.3) is 0 Å². The summed E-state index contributed by atoms with van der Waals surface area (Å²) in [6, 6.07) is 11.7. The van der Waals surface area contributed by atoms with Gasteiger partial charge in [-0.05, 0) is 43.3 Å². The fourth-order valence-electron chi connectivity index (χ4n) is 2.61. The Labute approximate surface area is 151 Å². The molecule has 0 aliphatic rings. The number of benzene rings is 2. The first-order chi connectivity index (χ1) is 12.6. The van der Waals surface area contributed by atoms with Crippen LogP contribution < -0.4 is 14.4 Å². The first-order valence-corrected chi connectivity index (χ1v) is 8.20. The van der Waals surface area contributed by atoms with Crippen molar-refractivity contribution in [2.75, 3.05) is 25.7 Å². The van der Waals surface area contributed by atoms with E-state index in [1.54, 1.807) is 32.4 Å². The summed E-state index contributed by atoms with van der Waals surface area (Å²) in [6.07, 6.45) is 0. The van der Waals surface area contributed by atoms with Crippen LogP contribution >= 0.6 is 0 Å². The third-order valence-corrected chi connectivity index (χ3v) is 4.02. The summed E-state index contributed by atoms with van der Waals surface area (Å²) < 4.78 is 29.1. The van der Waals surface area contributed by atoms with Gasteiger partial charge in [-0.2, -0.15) is 4.98 Å². The highest BCUT2D eigenvalue weighted by Gasteiger charge is 2.16. The van der Waals surface area contributed by atoms with Gasteiger partial charge < -0.3 is 18.9 Å². The molecular formula is C19H20FN3O3. The Morgan fingerprint density at radius 2 is 1.85 bits per heavy atom. The fourth-order valence-corrected chi connectivity index (χ4v) is 2.61. The Hall–Kier alpha value is -3.09. The van der Waals surface area contributed by atoms with Gasteiger partial charge in [0.2, 0.25) is 11.7 Å². The Bertz CT molecular complexity index is 865. The number of rotatable bonds is 7. The van der Waals surface area contributed by atoms with E-state index in [2.05, 4.69) is 10.1 Å². The highest BCUT2D eigenvalue weighted by atomic mass is 19.1. The highest BCUT2D eigenvalue weighted by molar-refractivity contribution is 5.65. The largest absolute Gasteiger partial charge is 0.497 e. The summed E-state index contributed by atoms with van der Waals surface area (Å²) in [5, 5.41) is 4.05. The Balaban J connectivity index is 1.82. The highest BCUT2D eigenvalue weighted by Crippen LogP contribution is 2.31. The standard InChI is InChI=1S/C19H20FN3O3/c1-4-23(14-7-5-13(20)6-8-14)12-18-21-19(22-26-18)16-10-9-15(24-2)11-17(16)25-3/h5-11H,4,12H2,1-3H3. The minimum atomic E-state index is -0.267. The third kappa shape index (κ3) is 3.77. The Morgan fingerprint density at radius 1 is 1.08 bits per heavy atom. The van der Waals surface area contributed by atoms with Crippen molar-refractivity contribution in [3.63, 3.8) is 0 Å². The van der Waals surface area contributed by atoms with Crippen molar-refractivity contribution >= 4 is 5.69 Å². The van der Waals surface area contributed by atoms with E-state index in [1.807, 2.05) is 24.0 Å². The van der Waals surface area contributed by atoms with E-state index >= 15 is 0 Å². The van der Waals surface area contributed by atoms with E-state index in [0.29, 0.717) is 35.3 Å². The molecule has 3 rings (SSSR count). The van der Waals surface area contributed by atoms with E-state index in [9.17, 15) is 4.39 Å². The summed E-state index contributed by atoms with van der Waals surface area (Å²) in [4.78, 5) is 6.48. The zero-order valence-corrected chi connectivity index (χ0v) is 14.9. The fraction of sp³-hybridized carbons (Fsp3) is 0.263. The lowest BCUT2D eigenvalue weighted by atomic mass is 10.2.